The van der Waals surface area contributed by atoms with Crippen molar-refractivity contribution >= 4 is 11.3 Å². The smallest absolute Gasteiger partial charge is 0.0115 e. The third-order valence-electron chi connectivity index (χ3n) is 3.05. The van der Waals surface area contributed by atoms with Gasteiger partial charge in [0.25, 0.3) is 0 Å². The zero-order valence-electron chi connectivity index (χ0n) is 9.55. The summed E-state index contributed by atoms with van der Waals surface area (Å²) in [5.74, 6) is 0.851. The van der Waals surface area contributed by atoms with E-state index in [0.717, 1.165) is 19.0 Å². The molecule has 0 spiro atoms. The van der Waals surface area contributed by atoms with E-state index in [9.17, 15) is 0 Å². The van der Waals surface area contributed by atoms with Gasteiger partial charge in [-0.25, -0.2) is 0 Å². The fourth-order valence-corrected chi connectivity index (χ4v) is 2.68. The summed E-state index contributed by atoms with van der Waals surface area (Å²) >= 11 is 1.86. The minimum atomic E-state index is 0.269. The maximum Gasteiger partial charge on any atom is 0.0115 e. The topological polar surface area (TPSA) is 24.1 Å². The molecular weight excluding hydrogens is 204 g/mol. The molecular formula is C12H20N2S. The Kier molecular flexibility index (Phi) is 3.44. The average molecular weight is 224 g/mol. The van der Waals surface area contributed by atoms with E-state index < -0.39 is 0 Å². The summed E-state index contributed by atoms with van der Waals surface area (Å²) in [6.45, 7) is 9.22. The third-order valence-corrected chi connectivity index (χ3v) is 4.29. The maximum atomic E-state index is 3.58. The van der Waals surface area contributed by atoms with Crippen LogP contribution in [0, 0.1) is 5.92 Å². The first-order valence-electron chi connectivity index (χ1n) is 5.64. The monoisotopic (exact) mass is 224 g/mol. The number of hydrogen-bond donors (Lipinski definition) is 2. The van der Waals surface area contributed by atoms with Crippen LogP contribution in [0.4, 0.5) is 0 Å². The first-order valence-corrected chi connectivity index (χ1v) is 6.52. The Bertz CT molecular complexity index is 289. The fraction of sp³-hybridized carbons (Fsp3) is 0.667. The molecule has 2 N–H and O–H groups in total. The van der Waals surface area contributed by atoms with Crippen molar-refractivity contribution in [2.45, 2.75) is 19.3 Å². The van der Waals surface area contributed by atoms with Gasteiger partial charge >= 0.3 is 0 Å². The number of rotatable bonds is 5. The van der Waals surface area contributed by atoms with Gasteiger partial charge in [-0.15, -0.1) is 11.3 Å². The SMILES string of the molecule is CC(C)(CNCC1CNC1)c1cccs1. The van der Waals surface area contributed by atoms with Crippen molar-refractivity contribution in [3.8, 4) is 0 Å². The molecule has 0 amide bonds. The van der Waals surface area contributed by atoms with Gasteiger partial charge in [-0.1, -0.05) is 19.9 Å². The predicted octanol–water partition coefficient (Wildman–Crippen LogP) is 1.83. The largest absolute Gasteiger partial charge is 0.316 e. The molecule has 0 atom stereocenters. The molecule has 0 unspecified atom stereocenters. The highest BCUT2D eigenvalue weighted by atomic mass is 32.1. The van der Waals surface area contributed by atoms with Gasteiger partial charge in [0.2, 0.25) is 0 Å². The van der Waals surface area contributed by atoms with Crippen molar-refractivity contribution in [3.63, 3.8) is 0 Å². The van der Waals surface area contributed by atoms with Crippen LogP contribution in [0.5, 0.6) is 0 Å². The Morgan fingerprint density at radius 2 is 2.33 bits per heavy atom. The quantitative estimate of drug-likeness (QED) is 0.797. The number of thiophene rings is 1. The Morgan fingerprint density at radius 3 is 2.87 bits per heavy atom. The lowest BCUT2D eigenvalue weighted by molar-refractivity contribution is 0.320. The van der Waals surface area contributed by atoms with Crippen molar-refractivity contribution in [1.82, 2.24) is 10.6 Å². The van der Waals surface area contributed by atoms with E-state index in [2.05, 4.69) is 42.0 Å². The second-order valence-corrected chi connectivity index (χ2v) is 5.96. The Balaban J connectivity index is 1.77. The highest BCUT2D eigenvalue weighted by Gasteiger charge is 2.22. The number of nitrogens with one attached hydrogen (secondary N) is 2. The van der Waals surface area contributed by atoms with Gasteiger partial charge in [0, 0.05) is 36.5 Å². The minimum absolute atomic E-state index is 0.269. The summed E-state index contributed by atoms with van der Waals surface area (Å²) < 4.78 is 0. The summed E-state index contributed by atoms with van der Waals surface area (Å²) in [5, 5.41) is 9.04. The van der Waals surface area contributed by atoms with Crippen LogP contribution >= 0.6 is 11.3 Å². The molecule has 0 saturated carbocycles. The molecule has 2 nitrogen and oxygen atoms in total. The zero-order valence-corrected chi connectivity index (χ0v) is 10.4. The van der Waals surface area contributed by atoms with E-state index in [1.807, 2.05) is 11.3 Å². The van der Waals surface area contributed by atoms with Crippen LogP contribution in [0.2, 0.25) is 0 Å². The Labute approximate surface area is 96.1 Å². The first kappa shape index (κ1) is 11.1. The molecule has 1 aliphatic rings. The van der Waals surface area contributed by atoms with Gasteiger partial charge in [-0.05, 0) is 17.4 Å². The fourth-order valence-electron chi connectivity index (χ4n) is 1.83. The molecule has 1 aliphatic heterocycles. The van der Waals surface area contributed by atoms with Crippen molar-refractivity contribution in [2.24, 2.45) is 5.92 Å². The Hall–Kier alpha value is -0.380. The number of hydrogen-bond acceptors (Lipinski definition) is 3. The van der Waals surface area contributed by atoms with Crippen molar-refractivity contribution in [3.05, 3.63) is 22.4 Å². The van der Waals surface area contributed by atoms with Crippen molar-refractivity contribution < 1.29 is 0 Å². The lowest BCUT2D eigenvalue weighted by Crippen LogP contribution is -2.48. The summed E-state index contributed by atoms with van der Waals surface area (Å²) in [4.78, 5) is 1.47. The molecule has 1 aromatic heterocycles. The molecule has 0 aromatic carbocycles. The molecule has 84 valence electrons. The van der Waals surface area contributed by atoms with Crippen LogP contribution in [0.15, 0.2) is 17.5 Å². The van der Waals surface area contributed by atoms with E-state index in [-0.39, 0.29) is 5.41 Å². The van der Waals surface area contributed by atoms with Crippen molar-refractivity contribution in [2.75, 3.05) is 26.2 Å². The van der Waals surface area contributed by atoms with Crippen LogP contribution in [0.3, 0.4) is 0 Å². The van der Waals surface area contributed by atoms with Crippen LogP contribution < -0.4 is 10.6 Å². The highest BCUT2D eigenvalue weighted by Crippen LogP contribution is 2.26. The zero-order chi connectivity index (χ0) is 10.7. The molecule has 1 fully saturated rings. The van der Waals surface area contributed by atoms with E-state index in [0.29, 0.717) is 0 Å². The lowest BCUT2D eigenvalue weighted by Gasteiger charge is -2.30. The van der Waals surface area contributed by atoms with E-state index in [1.165, 1.54) is 18.0 Å². The normalized spacial score (nSPS) is 17.7. The predicted molar refractivity (Wildman–Crippen MR) is 66.6 cm³/mol. The molecule has 2 heterocycles. The molecule has 1 aromatic rings. The van der Waals surface area contributed by atoms with Gasteiger partial charge in [0.15, 0.2) is 0 Å². The second kappa shape index (κ2) is 4.64. The van der Waals surface area contributed by atoms with Gasteiger partial charge in [-0.2, -0.15) is 0 Å². The molecule has 3 heteroatoms. The van der Waals surface area contributed by atoms with Gasteiger partial charge in [0.05, 0.1) is 0 Å². The molecule has 2 rings (SSSR count). The average Bonchev–Trinajstić information content (AvgIpc) is 2.62. The van der Waals surface area contributed by atoms with E-state index >= 15 is 0 Å². The van der Waals surface area contributed by atoms with E-state index in [1.54, 1.807) is 0 Å². The molecule has 0 radical (unpaired) electrons. The van der Waals surface area contributed by atoms with Crippen LogP contribution in [-0.2, 0) is 5.41 Å². The summed E-state index contributed by atoms with van der Waals surface area (Å²) in [6.07, 6.45) is 0. The molecule has 1 saturated heterocycles. The molecule has 0 bridgehead atoms. The third kappa shape index (κ3) is 2.80. The molecule has 0 aliphatic carbocycles. The Morgan fingerprint density at radius 1 is 1.53 bits per heavy atom. The lowest BCUT2D eigenvalue weighted by atomic mass is 9.91. The van der Waals surface area contributed by atoms with Gasteiger partial charge < -0.3 is 10.6 Å². The summed E-state index contributed by atoms with van der Waals surface area (Å²) in [5.41, 5.74) is 0.269. The molecule has 15 heavy (non-hydrogen) atoms. The van der Waals surface area contributed by atoms with Gasteiger partial charge in [0.1, 0.15) is 0 Å². The minimum Gasteiger partial charge on any atom is -0.316 e. The summed E-state index contributed by atoms with van der Waals surface area (Å²) in [7, 11) is 0. The summed E-state index contributed by atoms with van der Waals surface area (Å²) in [6, 6.07) is 4.37. The van der Waals surface area contributed by atoms with E-state index in [4.69, 9.17) is 0 Å². The van der Waals surface area contributed by atoms with Crippen LogP contribution in [0.1, 0.15) is 18.7 Å². The van der Waals surface area contributed by atoms with Crippen LogP contribution in [-0.4, -0.2) is 26.2 Å². The standard InChI is InChI=1S/C12H20N2S/c1-12(2,11-4-3-5-15-11)9-14-8-10-6-13-7-10/h3-5,10,13-14H,6-9H2,1-2H3. The first-order chi connectivity index (χ1) is 7.18. The second-order valence-electron chi connectivity index (χ2n) is 5.02. The highest BCUT2D eigenvalue weighted by molar-refractivity contribution is 7.10. The van der Waals surface area contributed by atoms with Gasteiger partial charge in [-0.3, -0.25) is 0 Å². The van der Waals surface area contributed by atoms with Crippen molar-refractivity contribution in [1.29, 1.82) is 0 Å². The maximum absolute atomic E-state index is 3.58. The van der Waals surface area contributed by atoms with Crippen LogP contribution in [0.25, 0.3) is 0 Å².